The zero-order valence-electron chi connectivity index (χ0n) is 12.7. The first-order valence-corrected chi connectivity index (χ1v) is 7.90. The Hall–Kier alpha value is -1.97. The largest absolute Gasteiger partial charge is 0.492 e. The first kappa shape index (κ1) is 17.4. The molecule has 120 valence electrons. The molecule has 0 radical (unpaired) electrons. The van der Waals surface area contributed by atoms with Crippen LogP contribution in [0.3, 0.4) is 0 Å². The molecule has 0 atom stereocenters. The van der Waals surface area contributed by atoms with Crippen LogP contribution >= 0.6 is 23.2 Å². The molecular weight excluding hydrogens is 333 g/mol. The number of aryl methyl sites for hydroxylation is 1. The van der Waals surface area contributed by atoms with E-state index in [1.54, 1.807) is 24.3 Å². The first-order chi connectivity index (χ1) is 11.0. The predicted molar refractivity (Wildman–Crippen MR) is 95.2 cm³/mol. The van der Waals surface area contributed by atoms with E-state index in [-0.39, 0.29) is 5.91 Å². The zero-order valence-corrected chi connectivity index (χ0v) is 14.2. The summed E-state index contributed by atoms with van der Waals surface area (Å²) >= 11 is 11.9. The minimum atomic E-state index is -0.205. The van der Waals surface area contributed by atoms with Gasteiger partial charge in [-0.15, -0.1) is 0 Å². The van der Waals surface area contributed by atoms with Crippen molar-refractivity contribution in [3.8, 4) is 5.75 Å². The molecule has 0 aliphatic rings. The molecule has 1 amide bonds. The van der Waals surface area contributed by atoms with Crippen LogP contribution in [0.2, 0.25) is 10.0 Å². The molecule has 0 fully saturated rings. The van der Waals surface area contributed by atoms with Gasteiger partial charge in [0.15, 0.2) is 0 Å². The Bertz CT molecular complexity index is 714. The van der Waals surface area contributed by atoms with Crippen LogP contribution < -0.4 is 10.1 Å². The van der Waals surface area contributed by atoms with E-state index in [1.165, 1.54) is 6.08 Å². The molecule has 2 aromatic carbocycles. The minimum Gasteiger partial charge on any atom is -0.492 e. The fourth-order valence-electron chi connectivity index (χ4n) is 1.91. The highest BCUT2D eigenvalue weighted by Crippen LogP contribution is 2.21. The first-order valence-electron chi connectivity index (χ1n) is 7.15. The molecule has 23 heavy (non-hydrogen) atoms. The summed E-state index contributed by atoms with van der Waals surface area (Å²) in [5.41, 5.74) is 1.87. The van der Waals surface area contributed by atoms with E-state index in [2.05, 4.69) is 5.32 Å². The van der Waals surface area contributed by atoms with Crippen molar-refractivity contribution < 1.29 is 9.53 Å². The van der Waals surface area contributed by atoms with E-state index in [0.717, 1.165) is 16.9 Å². The highest BCUT2D eigenvalue weighted by molar-refractivity contribution is 6.35. The maximum atomic E-state index is 11.7. The standard InChI is InChI=1S/C18H17Cl2NO2/c1-13-3-2-4-16(11-13)23-10-9-21-18(22)8-6-14-5-7-15(19)12-17(14)20/h2-8,11-12H,9-10H2,1H3,(H,21,22)/b8-6+. The molecule has 0 unspecified atom stereocenters. The van der Waals surface area contributed by atoms with Crippen molar-refractivity contribution in [2.75, 3.05) is 13.2 Å². The summed E-state index contributed by atoms with van der Waals surface area (Å²) in [6.45, 7) is 2.83. The molecule has 3 nitrogen and oxygen atoms in total. The Morgan fingerprint density at radius 3 is 2.78 bits per heavy atom. The Kier molecular flexibility index (Phi) is 6.51. The van der Waals surface area contributed by atoms with E-state index >= 15 is 0 Å². The van der Waals surface area contributed by atoms with E-state index in [1.807, 2.05) is 31.2 Å². The third kappa shape index (κ3) is 5.97. The Morgan fingerprint density at radius 1 is 1.22 bits per heavy atom. The summed E-state index contributed by atoms with van der Waals surface area (Å²) < 4.78 is 5.56. The Labute approximate surface area is 145 Å². The van der Waals surface area contributed by atoms with Crippen molar-refractivity contribution >= 4 is 35.2 Å². The van der Waals surface area contributed by atoms with Gasteiger partial charge in [0.1, 0.15) is 12.4 Å². The predicted octanol–water partition coefficient (Wildman–Crippen LogP) is 4.51. The lowest BCUT2D eigenvalue weighted by Gasteiger charge is -2.07. The molecule has 1 N–H and O–H groups in total. The van der Waals surface area contributed by atoms with Crippen LogP contribution in [0, 0.1) is 6.92 Å². The molecule has 2 aromatic rings. The molecule has 0 aliphatic carbocycles. The van der Waals surface area contributed by atoms with Crippen LogP contribution in [0.4, 0.5) is 0 Å². The molecule has 0 bridgehead atoms. The lowest BCUT2D eigenvalue weighted by molar-refractivity contribution is -0.116. The second-order valence-corrected chi connectivity index (χ2v) is 5.80. The molecule has 0 heterocycles. The topological polar surface area (TPSA) is 38.3 Å². The zero-order chi connectivity index (χ0) is 16.7. The van der Waals surface area contributed by atoms with Crippen LogP contribution in [-0.4, -0.2) is 19.1 Å². The van der Waals surface area contributed by atoms with Crippen LogP contribution in [0.5, 0.6) is 5.75 Å². The number of hydrogen-bond donors (Lipinski definition) is 1. The van der Waals surface area contributed by atoms with Crippen molar-refractivity contribution in [3.63, 3.8) is 0 Å². The van der Waals surface area contributed by atoms with Crippen molar-refractivity contribution in [2.45, 2.75) is 6.92 Å². The maximum absolute atomic E-state index is 11.7. The van der Waals surface area contributed by atoms with Crippen LogP contribution in [0.15, 0.2) is 48.5 Å². The number of carbonyl (C=O) groups excluding carboxylic acids is 1. The Morgan fingerprint density at radius 2 is 2.04 bits per heavy atom. The summed E-state index contributed by atoms with van der Waals surface area (Å²) in [5, 5.41) is 3.81. The molecule has 0 saturated carbocycles. The second-order valence-electron chi connectivity index (χ2n) is 4.96. The number of rotatable bonds is 6. The SMILES string of the molecule is Cc1cccc(OCCNC(=O)/C=C/c2ccc(Cl)cc2Cl)c1. The third-order valence-electron chi connectivity index (χ3n) is 3.04. The number of hydrogen-bond acceptors (Lipinski definition) is 2. The normalized spacial score (nSPS) is 10.7. The van der Waals surface area contributed by atoms with E-state index in [0.29, 0.717) is 23.2 Å². The van der Waals surface area contributed by atoms with Gasteiger partial charge in [0.2, 0.25) is 5.91 Å². The summed E-state index contributed by atoms with van der Waals surface area (Å²) in [6.07, 6.45) is 3.08. The van der Waals surface area contributed by atoms with Crippen LogP contribution in [0.1, 0.15) is 11.1 Å². The van der Waals surface area contributed by atoms with Gasteiger partial charge >= 0.3 is 0 Å². The van der Waals surface area contributed by atoms with E-state index in [4.69, 9.17) is 27.9 Å². The van der Waals surface area contributed by atoms with Gasteiger partial charge in [-0.05, 0) is 48.4 Å². The quantitative estimate of drug-likeness (QED) is 0.615. The highest BCUT2D eigenvalue weighted by Gasteiger charge is 2.00. The van der Waals surface area contributed by atoms with Crippen molar-refractivity contribution in [1.29, 1.82) is 0 Å². The summed E-state index contributed by atoms with van der Waals surface area (Å²) in [6, 6.07) is 12.9. The summed E-state index contributed by atoms with van der Waals surface area (Å²) in [5.74, 6) is 0.589. The minimum absolute atomic E-state index is 0.205. The second kappa shape index (κ2) is 8.61. The summed E-state index contributed by atoms with van der Waals surface area (Å²) in [4.78, 5) is 11.7. The number of benzene rings is 2. The van der Waals surface area contributed by atoms with Gasteiger partial charge in [-0.25, -0.2) is 0 Å². The average molecular weight is 350 g/mol. The van der Waals surface area contributed by atoms with Gasteiger partial charge < -0.3 is 10.1 Å². The van der Waals surface area contributed by atoms with Gasteiger partial charge in [0.05, 0.1) is 6.54 Å². The van der Waals surface area contributed by atoms with Crippen molar-refractivity contribution in [2.24, 2.45) is 0 Å². The molecule has 0 saturated heterocycles. The van der Waals surface area contributed by atoms with Gasteiger partial charge in [0.25, 0.3) is 0 Å². The number of ether oxygens (including phenoxy) is 1. The molecule has 2 rings (SSSR count). The van der Waals surface area contributed by atoms with Gasteiger partial charge in [-0.1, -0.05) is 41.4 Å². The molecule has 0 spiro atoms. The fraction of sp³-hybridized carbons (Fsp3) is 0.167. The molecule has 5 heteroatoms. The summed E-state index contributed by atoms with van der Waals surface area (Å²) in [7, 11) is 0. The number of halogens is 2. The molecule has 0 aliphatic heterocycles. The number of amides is 1. The molecular formula is C18H17Cl2NO2. The van der Waals surface area contributed by atoms with E-state index < -0.39 is 0 Å². The lowest BCUT2D eigenvalue weighted by Crippen LogP contribution is -2.26. The van der Waals surface area contributed by atoms with Crippen LogP contribution in [-0.2, 0) is 4.79 Å². The van der Waals surface area contributed by atoms with Gasteiger partial charge in [0, 0.05) is 16.1 Å². The average Bonchev–Trinajstić information content (AvgIpc) is 2.51. The van der Waals surface area contributed by atoms with Crippen molar-refractivity contribution in [3.05, 3.63) is 69.7 Å². The van der Waals surface area contributed by atoms with Gasteiger partial charge in [-0.2, -0.15) is 0 Å². The van der Waals surface area contributed by atoms with E-state index in [9.17, 15) is 4.79 Å². The fourth-order valence-corrected chi connectivity index (χ4v) is 2.38. The number of carbonyl (C=O) groups is 1. The Balaban J connectivity index is 1.75. The van der Waals surface area contributed by atoms with Gasteiger partial charge in [-0.3, -0.25) is 4.79 Å². The van der Waals surface area contributed by atoms with Crippen LogP contribution in [0.25, 0.3) is 6.08 Å². The smallest absolute Gasteiger partial charge is 0.244 e. The number of nitrogens with one attached hydrogen (secondary N) is 1. The van der Waals surface area contributed by atoms with Crippen molar-refractivity contribution in [1.82, 2.24) is 5.32 Å². The monoisotopic (exact) mass is 349 g/mol. The molecule has 0 aromatic heterocycles. The highest BCUT2D eigenvalue weighted by atomic mass is 35.5. The lowest BCUT2D eigenvalue weighted by atomic mass is 10.2. The third-order valence-corrected chi connectivity index (χ3v) is 3.60. The maximum Gasteiger partial charge on any atom is 0.244 e.